The molecule has 0 saturated carbocycles. The molecule has 5 heteroatoms. The predicted octanol–water partition coefficient (Wildman–Crippen LogP) is 2.55. The van der Waals surface area contributed by atoms with Gasteiger partial charge in [-0.25, -0.2) is 0 Å². The van der Waals surface area contributed by atoms with Crippen LogP contribution in [0, 0.1) is 0 Å². The molecule has 0 aliphatic heterocycles. The molecule has 1 heterocycles. The molecule has 3 aromatic rings. The van der Waals surface area contributed by atoms with Gasteiger partial charge >= 0.3 is 0 Å². The van der Waals surface area contributed by atoms with Crippen LogP contribution in [-0.2, 0) is 6.54 Å². The van der Waals surface area contributed by atoms with E-state index in [1.807, 2.05) is 30.3 Å². The summed E-state index contributed by atoms with van der Waals surface area (Å²) in [6.45, 7) is 0.276. The van der Waals surface area contributed by atoms with Gasteiger partial charge in [0.1, 0.15) is 11.5 Å². The van der Waals surface area contributed by atoms with Gasteiger partial charge in [-0.15, -0.1) is 0 Å². The first kappa shape index (κ1) is 13.1. The maximum absolute atomic E-state index is 12.0. The highest BCUT2D eigenvalue weighted by Crippen LogP contribution is 2.27. The Labute approximate surface area is 120 Å². The zero-order valence-corrected chi connectivity index (χ0v) is 11.1. The number of fused-ring (bicyclic) bond motifs is 1. The van der Waals surface area contributed by atoms with E-state index < -0.39 is 0 Å². The Bertz CT molecular complexity index is 856. The third-order valence-electron chi connectivity index (χ3n) is 3.28. The number of aromatic nitrogens is 1. The van der Waals surface area contributed by atoms with Crippen molar-refractivity contribution >= 4 is 16.6 Å². The standard InChI is InChI=1S/C16H14N2O3/c19-12-5-6-14(15(20)8-12)17-9-11-7-10-3-1-2-4-13(10)18-16(11)21/h1-8,17,19-20H,9H2,(H,18,21). The number of hydrogen-bond donors (Lipinski definition) is 4. The Hall–Kier alpha value is -2.95. The van der Waals surface area contributed by atoms with Crippen LogP contribution in [0.5, 0.6) is 11.5 Å². The summed E-state index contributed by atoms with van der Waals surface area (Å²) >= 11 is 0. The molecule has 5 nitrogen and oxygen atoms in total. The fraction of sp³-hybridized carbons (Fsp3) is 0.0625. The predicted molar refractivity (Wildman–Crippen MR) is 81.7 cm³/mol. The molecule has 0 amide bonds. The minimum atomic E-state index is -0.167. The zero-order valence-electron chi connectivity index (χ0n) is 11.1. The topological polar surface area (TPSA) is 85.4 Å². The lowest BCUT2D eigenvalue weighted by Gasteiger charge is -2.09. The minimum absolute atomic E-state index is 0.0124. The van der Waals surface area contributed by atoms with Gasteiger partial charge in [0.2, 0.25) is 0 Å². The number of hydrogen-bond acceptors (Lipinski definition) is 4. The molecule has 21 heavy (non-hydrogen) atoms. The van der Waals surface area contributed by atoms with Gasteiger partial charge in [0, 0.05) is 23.7 Å². The molecule has 0 atom stereocenters. The Kier molecular flexibility index (Phi) is 3.23. The van der Waals surface area contributed by atoms with E-state index in [2.05, 4.69) is 10.3 Å². The summed E-state index contributed by atoms with van der Waals surface area (Å²) in [7, 11) is 0. The van der Waals surface area contributed by atoms with Crippen molar-refractivity contribution in [1.82, 2.24) is 4.98 Å². The SMILES string of the molecule is O=c1[nH]c2ccccc2cc1CNc1ccc(O)cc1O. The summed E-state index contributed by atoms with van der Waals surface area (Å²) in [5.74, 6) is -0.0752. The van der Waals surface area contributed by atoms with Crippen molar-refractivity contribution in [3.8, 4) is 11.5 Å². The van der Waals surface area contributed by atoms with Gasteiger partial charge in [0.15, 0.2) is 0 Å². The Morgan fingerprint density at radius 1 is 1.05 bits per heavy atom. The van der Waals surface area contributed by atoms with E-state index in [0.29, 0.717) is 11.3 Å². The number of phenols is 2. The van der Waals surface area contributed by atoms with Crippen molar-refractivity contribution in [3.05, 3.63) is 64.4 Å². The third kappa shape index (κ3) is 2.67. The number of nitrogens with one attached hydrogen (secondary N) is 2. The molecular formula is C16H14N2O3. The molecule has 3 rings (SSSR count). The van der Waals surface area contributed by atoms with Crippen LogP contribution in [-0.4, -0.2) is 15.2 Å². The number of aromatic hydroxyl groups is 2. The van der Waals surface area contributed by atoms with Gasteiger partial charge in [-0.1, -0.05) is 18.2 Å². The van der Waals surface area contributed by atoms with Gasteiger partial charge < -0.3 is 20.5 Å². The van der Waals surface area contributed by atoms with Gasteiger partial charge in [0.05, 0.1) is 5.69 Å². The molecule has 4 N–H and O–H groups in total. The molecule has 0 saturated heterocycles. The molecular weight excluding hydrogens is 268 g/mol. The summed E-state index contributed by atoms with van der Waals surface area (Å²) in [4.78, 5) is 14.8. The van der Waals surface area contributed by atoms with Crippen LogP contribution in [0.1, 0.15) is 5.56 Å². The molecule has 106 valence electrons. The first-order chi connectivity index (χ1) is 10.1. The molecule has 0 radical (unpaired) electrons. The molecule has 0 unspecified atom stereocenters. The van der Waals surface area contributed by atoms with Crippen LogP contribution in [0.4, 0.5) is 5.69 Å². The average Bonchev–Trinajstić information content (AvgIpc) is 2.46. The Morgan fingerprint density at radius 3 is 2.67 bits per heavy atom. The second-order valence-corrected chi connectivity index (χ2v) is 4.77. The van der Waals surface area contributed by atoms with E-state index in [-0.39, 0.29) is 23.6 Å². The Morgan fingerprint density at radius 2 is 1.86 bits per heavy atom. The number of aromatic amines is 1. The van der Waals surface area contributed by atoms with Crippen molar-refractivity contribution in [2.24, 2.45) is 0 Å². The summed E-state index contributed by atoms with van der Waals surface area (Å²) in [6, 6.07) is 13.6. The normalized spacial score (nSPS) is 10.7. The first-order valence-corrected chi connectivity index (χ1v) is 6.50. The molecule has 0 fully saturated rings. The van der Waals surface area contributed by atoms with E-state index in [0.717, 1.165) is 10.9 Å². The van der Waals surface area contributed by atoms with Crippen molar-refractivity contribution in [1.29, 1.82) is 0 Å². The molecule has 0 spiro atoms. The van der Waals surface area contributed by atoms with Crippen LogP contribution in [0.2, 0.25) is 0 Å². The average molecular weight is 282 g/mol. The van der Waals surface area contributed by atoms with E-state index in [1.165, 1.54) is 12.1 Å². The van der Waals surface area contributed by atoms with Crippen LogP contribution in [0.3, 0.4) is 0 Å². The van der Waals surface area contributed by atoms with E-state index in [1.54, 1.807) is 6.07 Å². The monoisotopic (exact) mass is 282 g/mol. The number of phenolic OH excluding ortho intramolecular Hbond substituents is 2. The molecule has 1 aromatic heterocycles. The molecule has 0 aliphatic carbocycles. The minimum Gasteiger partial charge on any atom is -0.508 e. The number of pyridine rings is 1. The lowest BCUT2D eigenvalue weighted by atomic mass is 10.1. The molecule has 0 aliphatic rings. The summed E-state index contributed by atoms with van der Waals surface area (Å²) in [6.07, 6.45) is 0. The highest BCUT2D eigenvalue weighted by Gasteiger charge is 2.05. The lowest BCUT2D eigenvalue weighted by molar-refractivity contribution is 0.452. The zero-order chi connectivity index (χ0) is 14.8. The quantitative estimate of drug-likeness (QED) is 0.439. The second-order valence-electron chi connectivity index (χ2n) is 4.77. The lowest BCUT2D eigenvalue weighted by Crippen LogP contribution is -2.15. The van der Waals surface area contributed by atoms with Gasteiger partial charge in [-0.3, -0.25) is 4.79 Å². The van der Waals surface area contributed by atoms with Crippen LogP contribution < -0.4 is 10.9 Å². The van der Waals surface area contributed by atoms with Gasteiger partial charge in [-0.05, 0) is 29.7 Å². The van der Waals surface area contributed by atoms with Gasteiger partial charge in [0.25, 0.3) is 5.56 Å². The van der Waals surface area contributed by atoms with Crippen LogP contribution in [0.25, 0.3) is 10.9 Å². The smallest absolute Gasteiger partial charge is 0.253 e. The maximum Gasteiger partial charge on any atom is 0.253 e. The van der Waals surface area contributed by atoms with Crippen molar-refractivity contribution < 1.29 is 10.2 Å². The van der Waals surface area contributed by atoms with Crippen molar-refractivity contribution in [2.45, 2.75) is 6.54 Å². The fourth-order valence-electron chi connectivity index (χ4n) is 2.18. The summed E-state index contributed by atoms with van der Waals surface area (Å²) in [5, 5.41) is 22.9. The van der Waals surface area contributed by atoms with E-state index in [4.69, 9.17) is 0 Å². The van der Waals surface area contributed by atoms with Crippen LogP contribution in [0.15, 0.2) is 53.3 Å². The van der Waals surface area contributed by atoms with Crippen molar-refractivity contribution in [3.63, 3.8) is 0 Å². The molecule has 0 bridgehead atoms. The summed E-state index contributed by atoms with van der Waals surface area (Å²) < 4.78 is 0. The van der Waals surface area contributed by atoms with E-state index in [9.17, 15) is 15.0 Å². The Balaban J connectivity index is 1.88. The highest BCUT2D eigenvalue weighted by atomic mass is 16.3. The number of para-hydroxylation sites is 1. The number of benzene rings is 2. The number of anilines is 1. The molecule has 2 aromatic carbocycles. The fourth-order valence-corrected chi connectivity index (χ4v) is 2.18. The highest BCUT2D eigenvalue weighted by molar-refractivity contribution is 5.78. The maximum atomic E-state index is 12.0. The van der Waals surface area contributed by atoms with Crippen molar-refractivity contribution in [2.75, 3.05) is 5.32 Å². The van der Waals surface area contributed by atoms with Gasteiger partial charge in [-0.2, -0.15) is 0 Å². The second kappa shape index (κ2) is 5.20. The van der Waals surface area contributed by atoms with Crippen LogP contribution >= 0.6 is 0 Å². The number of rotatable bonds is 3. The summed E-state index contributed by atoms with van der Waals surface area (Å²) in [5.41, 5.74) is 1.65. The first-order valence-electron chi connectivity index (χ1n) is 6.50. The van der Waals surface area contributed by atoms with E-state index >= 15 is 0 Å². The number of H-pyrrole nitrogens is 1. The largest absolute Gasteiger partial charge is 0.508 e. The third-order valence-corrected chi connectivity index (χ3v) is 3.28.